The minimum absolute atomic E-state index is 0.0714. The molecule has 0 aliphatic carbocycles. The largest absolute Gasteiger partial charge is 0.550 e. The highest BCUT2D eigenvalue weighted by molar-refractivity contribution is 5.64. The Bertz CT molecular complexity index is 345. The van der Waals surface area contributed by atoms with E-state index in [2.05, 4.69) is 23.9 Å². The normalized spacial score (nSPS) is 9.81. The maximum atomic E-state index is 9.93. The lowest BCUT2D eigenvalue weighted by atomic mass is 10.5. The van der Waals surface area contributed by atoms with Crippen LogP contribution in [0.15, 0.2) is 30.6 Å². The molecule has 0 saturated carbocycles. The zero-order valence-corrected chi connectivity index (χ0v) is 12.8. The number of aryl methyl sites for hydroxylation is 1. The van der Waals surface area contributed by atoms with Gasteiger partial charge in [-0.15, -0.1) is 0 Å². The van der Waals surface area contributed by atoms with E-state index in [1.54, 1.807) is 7.11 Å². The summed E-state index contributed by atoms with van der Waals surface area (Å²) in [5.41, 5.74) is 0. The zero-order valence-electron chi connectivity index (χ0n) is 12.8. The van der Waals surface area contributed by atoms with E-state index < -0.39 is 5.97 Å². The standard InChI is InChI=1S/C8H16O5.C7H10N/c1-11-4-5-13-7-6-12-3-2-8(9)10;1-2-8-6-4-3-5-7-8/h2-7H2,1H3,(H,9,10);3-7H,2H2,1H3/q;+1/p-1. The number of hydrogen-bond acceptors (Lipinski definition) is 5. The molecule has 21 heavy (non-hydrogen) atoms. The first kappa shape index (κ1) is 19.5. The average molecular weight is 299 g/mol. The molecule has 0 bridgehead atoms. The molecule has 0 unspecified atom stereocenters. The van der Waals surface area contributed by atoms with Crippen molar-refractivity contribution in [2.24, 2.45) is 0 Å². The van der Waals surface area contributed by atoms with Crippen LogP contribution in [0.25, 0.3) is 0 Å². The number of carbonyl (C=O) groups excluding carboxylic acids is 1. The van der Waals surface area contributed by atoms with Gasteiger partial charge in [-0.05, 0) is 6.92 Å². The van der Waals surface area contributed by atoms with Gasteiger partial charge >= 0.3 is 0 Å². The van der Waals surface area contributed by atoms with E-state index in [0.717, 1.165) is 6.54 Å². The van der Waals surface area contributed by atoms with Crippen LogP contribution in [-0.4, -0.2) is 46.1 Å². The van der Waals surface area contributed by atoms with E-state index in [9.17, 15) is 9.90 Å². The summed E-state index contributed by atoms with van der Waals surface area (Å²) >= 11 is 0. The van der Waals surface area contributed by atoms with Gasteiger partial charge in [0.25, 0.3) is 0 Å². The van der Waals surface area contributed by atoms with Crippen molar-refractivity contribution >= 4 is 5.97 Å². The fraction of sp³-hybridized carbons (Fsp3) is 0.600. The van der Waals surface area contributed by atoms with Gasteiger partial charge in [0.15, 0.2) is 12.4 Å². The molecule has 1 rings (SSSR count). The Labute approximate surface area is 126 Å². The summed E-state index contributed by atoms with van der Waals surface area (Å²) in [7, 11) is 1.60. The second-order valence-corrected chi connectivity index (χ2v) is 4.05. The molecule has 0 saturated heterocycles. The molecule has 0 spiro atoms. The number of carbonyl (C=O) groups is 1. The summed E-state index contributed by atoms with van der Waals surface area (Å²) in [5.74, 6) is -1.10. The topological polar surface area (TPSA) is 71.7 Å². The Morgan fingerprint density at radius 2 is 1.57 bits per heavy atom. The number of aromatic nitrogens is 1. The highest BCUT2D eigenvalue weighted by Gasteiger charge is 1.90. The molecule has 0 aliphatic rings. The Kier molecular flexibility index (Phi) is 13.8. The third kappa shape index (κ3) is 14.7. The highest BCUT2D eigenvalue weighted by atomic mass is 16.5. The van der Waals surface area contributed by atoms with Gasteiger partial charge in [0.2, 0.25) is 0 Å². The molecule has 0 N–H and O–H groups in total. The number of aliphatic carboxylic acids is 1. The fourth-order valence-corrected chi connectivity index (χ4v) is 1.26. The molecule has 1 heterocycles. The van der Waals surface area contributed by atoms with Gasteiger partial charge in [-0.2, -0.15) is 0 Å². The SMILES string of the molecule is CC[n+]1ccccc1.COCCOCCOCCC(=O)[O-]. The summed E-state index contributed by atoms with van der Waals surface area (Å²) in [6, 6.07) is 6.08. The van der Waals surface area contributed by atoms with Crippen LogP contribution in [-0.2, 0) is 25.5 Å². The molecular weight excluding hydrogens is 274 g/mol. The monoisotopic (exact) mass is 299 g/mol. The lowest BCUT2D eigenvalue weighted by Gasteiger charge is -2.05. The molecule has 6 nitrogen and oxygen atoms in total. The Balaban J connectivity index is 0.000000423. The molecular formula is C15H25NO5. The maximum absolute atomic E-state index is 9.93. The van der Waals surface area contributed by atoms with Gasteiger partial charge in [-0.1, -0.05) is 6.07 Å². The van der Waals surface area contributed by atoms with E-state index in [0.29, 0.717) is 26.4 Å². The van der Waals surface area contributed by atoms with Crippen molar-refractivity contribution in [2.45, 2.75) is 19.9 Å². The summed E-state index contributed by atoms with van der Waals surface area (Å²) < 4.78 is 16.9. The van der Waals surface area contributed by atoms with Crippen LogP contribution < -0.4 is 9.67 Å². The molecule has 120 valence electrons. The van der Waals surface area contributed by atoms with Crippen molar-refractivity contribution in [2.75, 3.05) is 40.1 Å². The summed E-state index contributed by atoms with van der Waals surface area (Å²) in [6.07, 6.45) is 4.04. The van der Waals surface area contributed by atoms with Crippen molar-refractivity contribution in [1.82, 2.24) is 0 Å². The Morgan fingerprint density at radius 3 is 2.05 bits per heavy atom. The zero-order chi connectivity index (χ0) is 15.8. The Hall–Kier alpha value is -1.50. The molecule has 0 fully saturated rings. The van der Waals surface area contributed by atoms with E-state index in [1.807, 2.05) is 18.2 Å². The van der Waals surface area contributed by atoms with E-state index in [1.165, 1.54) is 0 Å². The van der Waals surface area contributed by atoms with Crippen molar-refractivity contribution in [3.05, 3.63) is 30.6 Å². The lowest BCUT2D eigenvalue weighted by Crippen LogP contribution is -2.30. The van der Waals surface area contributed by atoms with Gasteiger partial charge < -0.3 is 24.1 Å². The van der Waals surface area contributed by atoms with Crippen LogP contribution in [0.3, 0.4) is 0 Å². The molecule has 0 aliphatic heterocycles. The van der Waals surface area contributed by atoms with Crippen molar-refractivity contribution in [3.63, 3.8) is 0 Å². The summed E-state index contributed by atoms with van der Waals surface area (Å²) in [5, 5.41) is 9.93. The van der Waals surface area contributed by atoms with Crippen LogP contribution in [0.2, 0.25) is 0 Å². The highest BCUT2D eigenvalue weighted by Crippen LogP contribution is 1.82. The van der Waals surface area contributed by atoms with Gasteiger partial charge in [-0.3, -0.25) is 0 Å². The van der Waals surface area contributed by atoms with Crippen LogP contribution in [0.5, 0.6) is 0 Å². The maximum Gasteiger partial charge on any atom is 0.168 e. The first-order valence-electron chi connectivity index (χ1n) is 6.99. The van der Waals surface area contributed by atoms with Crippen LogP contribution in [0, 0.1) is 0 Å². The fourth-order valence-electron chi connectivity index (χ4n) is 1.26. The van der Waals surface area contributed by atoms with Crippen molar-refractivity contribution in [1.29, 1.82) is 0 Å². The number of pyridine rings is 1. The minimum Gasteiger partial charge on any atom is -0.550 e. The van der Waals surface area contributed by atoms with E-state index >= 15 is 0 Å². The molecule has 1 aromatic rings. The quantitative estimate of drug-likeness (QED) is 0.442. The minimum atomic E-state index is -1.10. The van der Waals surface area contributed by atoms with Crippen LogP contribution >= 0.6 is 0 Å². The van der Waals surface area contributed by atoms with Gasteiger partial charge in [0.1, 0.15) is 6.54 Å². The predicted octanol–water partition coefficient (Wildman–Crippen LogP) is -0.200. The summed E-state index contributed by atoms with van der Waals surface area (Å²) in [4.78, 5) is 9.93. The second kappa shape index (κ2) is 14.9. The second-order valence-electron chi connectivity index (χ2n) is 4.05. The molecule has 6 heteroatoms. The van der Waals surface area contributed by atoms with Crippen molar-refractivity contribution in [3.8, 4) is 0 Å². The third-order valence-electron chi connectivity index (χ3n) is 2.40. The Morgan fingerprint density at radius 1 is 1.00 bits per heavy atom. The van der Waals surface area contributed by atoms with Gasteiger partial charge in [0, 0.05) is 31.6 Å². The van der Waals surface area contributed by atoms with Gasteiger partial charge in [0.05, 0.1) is 33.0 Å². The predicted molar refractivity (Wildman–Crippen MR) is 75.4 cm³/mol. The number of methoxy groups -OCH3 is 1. The van der Waals surface area contributed by atoms with Crippen LogP contribution in [0.4, 0.5) is 0 Å². The van der Waals surface area contributed by atoms with E-state index in [-0.39, 0.29) is 13.0 Å². The lowest BCUT2D eigenvalue weighted by molar-refractivity contribution is -0.693. The first-order valence-corrected chi connectivity index (χ1v) is 6.99. The number of carboxylic acids is 1. The number of rotatable bonds is 10. The number of carboxylic acid groups (broad SMARTS) is 1. The number of ether oxygens (including phenoxy) is 3. The van der Waals surface area contributed by atoms with Crippen molar-refractivity contribution < 1.29 is 28.7 Å². The van der Waals surface area contributed by atoms with Crippen LogP contribution in [0.1, 0.15) is 13.3 Å². The average Bonchev–Trinajstić information content (AvgIpc) is 2.51. The molecule has 0 atom stereocenters. The molecule has 0 amide bonds. The number of hydrogen-bond donors (Lipinski definition) is 0. The number of nitrogens with zero attached hydrogens (tertiary/aromatic N) is 1. The van der Waals surface area contributed by atoms with Gasteiger partial charge in [-0.25, -0.2) is 4.57 Å². The molecule has 0 radical (unpaired) electrons. The first-order chi connectivity index (χ1) is 10.2. The third-order valence-corrected chi connectivity index (χ3v) is 2.40. The molecule has 1 aromatic heterocycles. The smallest absolute Gasteiger partial charge is 0.168 e. The van der Waals surface area contributed by atoms with E-state index in [4.69, 9.17) is 14.2 Å². The molecule has 0 aromatic carbocycles. The summed E-state index contributed by atoms with van der Waals surface area (Å²) in [6.45, 7) is 5.30.